The molecule has 156 valence electrons. The molecule has 0 fully saturated rings. The van der Waals surface area contributed by atoms with Crippen LogP contribution in [0.3, 0.4) is 0 Å². The van der Waals surface area contributed by atoms with Crippen molar-refractivity contribution in [2.24, 2.45) is 0 Å². The lowest BCUT2D eigenvalue weighted by molar-refractivity contribution is 0.511. The summed E-state index contributed by atoms with van der Waals surface area (Å²) in [5, 5.41) is 12.0. The van der Waals surface area contributed by atoms with Gasteiger partial charge in [-0.1, -0.05) is 55.1 Å². The molecule has 0 aliphatic carbocycles. The number of benzene rings is 2. The van der Waals surface area contributed by atoms with Gasteiger partial charge in [0.05, 0.1) is 17.8 Å². The summed E-state index contributed by atoms with van der Waals surface area (Å²) in [6, 6.07) is 15.8. The highest BCUT2D eigenvalue weighted by molar-refractivity contribution is 6.16. The van der Waals surface area contributed by atoms with Crippen molar-refractivity contribution in [2.45, 2.75) is 13.8 Å². The number of nitrogens with two attached hydrogens (primary N) is 1. The molecule has 0 bridgehead atoms. The lowest BCUT2D eigenvalue weighted by Gasteiger charge is -2.34. The minimum atomic E-state index is 0.279. The standard InChI is InChI=1S/C25H26N6/c1-4-31-17(3)21-16(2)9-8-12-19(21)13-20(31)14-28-25-22(24(27)29-15-30-25)23(26)18-10-6-5-7-11-18/h5-13,15,26H,3-4,14H2,1-2H3,(H3,27,28,29,30). The zero-order valence-corrected chi connectivity index (χ0v) is 17.8. The smallest absolute Gasteiger partial charge is 0.141 e. The van der Waals surface area contributed by atoms with Crippen LogP contribution in [0.4, 0.5) is 11.6 Å². The summed E-state index contributed by atoms with van der Waals surface area (Å²) < 4.78 is 0. The van der Waals surface area contributed by atoms with Crippen LogP contribution in [0.5, 0.6) is 0 Å². The van der Waals surface area contributed by atoms with Crippen LogP contribution in [0, 0.1) is 12.3 Å². The SMILES string of the molecule is C=C1c2c(C)cccc2C=C(CNc2ncnc(N)c2C(=N)c2ccccc2)N1CC. The van der Waals surface area contributed by atoms with Crippen LogP contribution < -0.4 is 11.1 Å². The first-order chi connectivity index (χ1) is 15.0. The van der Waals surface area contributed by atoms with Crippen LogP contribution in [0.25, 0.3) is 11.8 Å². The Labute approximate surface area is 182 Å². The van der Waals surface area contributed by atoms with Gasteiger partial charge in [0.2, 0.25) is 0 Å². The second-order valence-electron chi connectivity index (χ2n) is 7.44. The molecule has 6 heteroatoms. The van der Waals surface area contributed by atoms with Gasteiger partial charge in [0, 0.05) is 29.1 Å². The Hall–Kier alpha value is -3.93. The zero-order valence-electron chi connectivity index (χ0n) is 17.8. The molecule has 2 aromatic carbocycles. The molecular formula is C25H26N6. The first kappa shape index (κ1) is 20.3. The summed E-state index contributed by atoms with van der Waals surface area (Å²) >= 11 is 0. The number of fused-ring (bicyclic) bond motifs is 1. The molecule has 0 spiro atoms. The molecule has 4 rings (SSSR count). The molecule has 1 aromatic heterocycles. The fraction of sp³-hybridized carbons (Fsp3) is 0.160. The summed E-state index contributed by atoms with van der Waals surface area (Å²) in [7, 11) is 0. The molecular weight excluding hydrogens is 384 g/mol. The topological polar surface area (TPSA) is 90.9 Å². The number of aromatic nitrogens is 2. The predicted molar refractivity (Wildman–Crippen MR) is 128 cm³/mol. The Morgan fingerprint density at radius 2 is 1.90 bits per heavy atom. The van der Waals surface area contributed by atoms with Crippen molar-refractivity contribution >= 4 is 29.1 Å². The fourth-order valence-electron chi connectivity index (χ4n) is 4.01. The van der Waals surface area contributed by atoms with E-state index < -0.39 is 0 Å². The fourth-order valence-corrected chi connectivity index (χ4v) is 4.01. The number of nitrogen functional groups attached to an aromatic ring is 1. The average molecular weight is 411 g/mol. The number of aryl methyl sites for hydroxylation is 1. The largest absolute Gasteiger partial charge is 0.383 e. The van der Waals surface area contributed by atoms with Crippen LogP contribution >= 0.6 is 0 Å². The summed E-state index contributed by atoms with van der Waals surface area (Å²) in [6.07, 6.45) is 3.60. The number of nitrogens with zero attached hydrogens (tertiary/aromatic N) is 3. The van der Waals surface area contributed by atoms with Crippen molar-refractivity contribution in [3.63, 3.8) is 0 Å². The summed E-state index contributed by atoms with van der Waals surface area (Å²) in [5.41, 5.74) is 13.3. The van der Waals surface area contributed by atoms with E-state index in [1.165, 1.54) is 17.5 Å². The van der Waals surface area contributed by atoms with Gasteiger partial charge in [-0.05, 0) is 31.1 Å². The van der Waals surface area contributed by atoms with Gasteiger partial charge in [-0.25, -0.2) is 9.97 Å². The van der Waals surface area contributed by atoms with Crippen LogP contribution in [0.2, 0.25) is 0 Å². The molecule has 1 aliphatic rings. The zero-order chi connectivity index (χ0) is 22.0. The number of anilines is 2. The van der Waals surface area contributed by atoms with Crippen molar-refractivity contribution in [2.75, 3.05) is 24.1 Å². The van der Waals surface area contributed by atoms with E-state index in [2.05, 4.69) is 64.9 Å². The molecule has 31 heavy (non-hydrogen) atoms. The third-order valence-corrected chi connectivity index (χ3v) is 5.53. The summed E-state index contributed by atoms with van der Waals surface area (Å²) in [5.74, 6) is 0.820. The Kier molecular flexibility index (Phi) is 5.54. The molecule has 0 atom stereocenters. The van der Waals surface area contributed by atoms with Gasteiger partial charge < -0.3 is 16.0 Å². The normalized spacial score (nSPS) is 12.9. The lowest BCUT2D eigenvalue weighted by Crippen LogP contribution is -2.29. The molecule has 3 aromatic rings. The monoisotopic (exact) mass is 410 g/mol. The third kappa shape index (κ3) is 3.80. The van der Waals surface area contributed by atoms with Gasteiger partial charge >= 0.3 is 0 Å². The van der Waals surface area contributed by atoms with E-state index in [0.717, 1.165) is 29.1 Å². The maximum Gasteiger partial charge on any atom is 0.141 e. The van der Waals surface area contributed by atoms with Gasteiger partial charge in [0.15, 0.2) is 0 Å². The van der Waals surface area contributed by atoms with Crippen molar-refractivity contribution in [1.29, 1.82) is 5.41 Å². The Morgan fingerprint density at radius 3 is 2.65 bits per heavy atom. The van der Waals surface area contributed by atoms with E-state index in [9.17, 15) is 0 Å². The quantitative estimate of drug-likeness (QED) is 0.519. The maximum absolute atomic E-state index is 8.66. The number of nitrogens with one attached hydrogen (secondary N) is 2. The molecule has 0 radical (unpaired) electrons. The van der Waals surface area contributed by atoms with Gasteiger partial charge in [-0.15, -0.1) is 0 Å². The van der Waals surface area contributed by atoms with E-state index in [1.54, 1.807) is 0 Å². The molecule has 6 nitrogen and oxygen atoms in total. The number of rotatable bonds is 6. The molecule has 0 saturated carbocycles. The average Bonchev–Trinajstić information content (AvgIpc) is 2.78. The predicted octanol–water partition coefficient (Wildman–Crippen LogP) is 4.54. The van der Waals surface area contributed by atoms with Crippen molar-refractivity contribution in [3.8, 4) is 0 Å². The van der Waals surface area contributed by atoms with Crippen LogP contribution in [-0.4, -0.2) is 33.7 Å². The van der Waals surface area contributed by atoms with Crippen molar-refractivity contribution in [1.82, 2.24) is 14.9 Å². The second kappa shape index (κ2) is 8.44. The molecule has 0 saturated heterocycles. The van der Waals surface area contributed by atoms with Gasteiger partial charge in [-0.3, -0.25) is 5.41 Å². The number of likely N-dealkylation sites (N-methyl/N-ethyl adjacent to an activating group) is 1. The Bertz CT molecular complexity index is 1180. The van der Waals surface area contributed by atoms with E-state index in [-0.39, 0.29) is 11.5 Å². The third-order valence-electron chi connectivity index (χ3n) is 5.53. The van der Waals surface area contributed by atoms with Gasteiger partial charge in [-0.2, -0.15) is 0 Å². The highest BCUT2D eigenvalue weighted by atomic mass is 15.2. The lowest BCUT2D eigenvalue weighted by atomic mass is 9.94. The van der Waals surface area contributed by atoms with Gasteiger partial charge in [0.25, 0.3) is 0 Å². The Balaban J connectivity index is 1.66. The minimum absolute atomic E-state index is 0.279. The van der Waals surface area contributed by atoms with Crippen LogP contribution in [-0.2, 0) is 0 Å². The molecule has 4 N–H and O–H groups in total. The summed E-state index contributed by atoms with van der Waals surface area (Å²) in [6.45, 7) is 9.90. The van der Waals surface area contributed by atoms with E-state index in [1.807, 2.05) is 30.3 Å². The van der Waals surface area contributed by atoms with Crippen molar-refractivity contribution < 1.29 is 0 Å². The van der Waals surface area contributed by atoms with E-state index in [0.29, 0.717) is 17.9 Å². The highest BCUT2D eigenvalue weighted by Crippen LogP contribution is 2.34. The molecule has 0 unspecified atom stereocenters. The van der Waals surface area contributed by atoms with E-state index in [4.69, 9.17) is 11.1 Å². The minimum Gasteiger partial charge on any atom is -0.383 e. The Morgan fingerprint density at radius 1 is 1.13 bits per heavy atom. The number of hydrogen-bond acceptors (Lipinski definition) is 6. The second-order valence-corrected chi connectivity index (χ2v) is 7.44. The summed E-state index contributed by atoms with van der Waals surface area (Å²) in [4.78, 5) is 10.7. The first-order valence-corrected chi connectivity index (χ1v) is 10.3. The molecule has 2 heterocycles. The molecule has 0 amide bonds. The van der Waals surface area contributed by atoms with Crippen LogP contribution in [0.15, 0.2) is 67.1 Å². The highest BCUT2D eigenvalue weighted by Gasteiger charge is 2.23. The number of hydrogen-bond donors (Lipinski definition) is 3. The van der Waals surface area contributed by atoms with Crippen LogP contribution in [0.1, 0.15) is 34.7 Å². The van der Waals surface area contributed by atoms with E-state index >= 15 is 0 Å². The van der Waals surface area contributed by atoms with Crippen molar-refractivity contribution in [3.05, 3.63) is 95.0 Å². The van der Waals surface area contributed by atoms with Gasteiger partial charge in [0.1, 0.15) is 18.0 Å². The molecule has 1 aliphatic heterocycles. The maximum atomic E-state index is 8.66. The first-order valence-electron chi connectivity index (χ1n) is 10.3.